The highest BCUT2D eigenvalue weighted by atomic mass is 35.5. The van der Waals surface area contributed by atoms with E-state index in [4.69, 9.17) is 11.6 Å². The highest BCUT2D eigenvalue weighted by Gasteiger charge is 2.22. The number of carbonyl (C=O) groups excluding carboxylic acids is 1. The molecule has 0 bridgehead atoms. The van der Waals surface area contributed by atoms with E-state index < -0.39 is 5.54 Å². The summed E-state index contributed by atoms with van der Waals surface area (Å²) in [5, 5.41) is 3.68. The summed E-state index contributed by atoms with van der Waals surface area (Å²) in [5.41, 5.74) is 1.52. The van der Waals surface area contributed by atoms with Crippen molar-refractivity contribution in [3.05, 3.63) is 70.7 Å². The quantitative estimate of drug-likeness (QED) is 0.907. The molecule has 0 radical (unpaired) electrons. The average molecular weight is 288 g/mol. The molecule has 0 aromatic heterocycles. The van der Waals surface area contributed by atoms with Crippen molar-refractivity contribution in [2.75, 3.05) is 0 Å². The number of carbonyl (C=O) groups is 1. The van der Waals surface area contributed by atoms with E-state index in [9.17, 15) is 4.79 Å². The molecule has 0 aliphatic rings. The molecule has 0 aliphatic heterocycles. The molecule has 3 heteroatoms. The Morgan fingerprint density at radius 1 is 1.05 bits per heavy atom. The predicted molar refractivity (Wildman–Crippen MR) is 82.8 cm³/mol. The molecule has 2 nitrogen and oxygen atoms in total. The Morgan fingerprint density at radius 2 is 1.65 bits per heavy atom. The van der Waals surface area contributed by atoms with Crippen LogP contribution in [-0.4, -0.2) is 5.91 Å². The molecule has 2 rings (SSSR count). The predicted octanol–water partition coefficient (Wildman–Crippen LogP) is 3.93. The summed E-state index contributed by atoms with van der Waals surface area (Å²) in [5.74, 6) is -0.0352. The lowest BCUT2D eigenvalue weighted by atomic mass is 9.94. The van der Waals surface area contributed by atoms with Crippen LogP contribution in [0.5, 0.6) is 0 Å². The van der Waals surface area contributed by atoms with Crippen LogP contribution in [0.3, 0.4) is 0 Å². The summed E-state index contributed by atoms with van der Waals surface area (Å²) < 4.78 is 0. The zero-order valence-electron chi connectivity index (χ0n) is 11.7. The van der Waals surface area contributed by atoms with Crippen molar-refractivity contribution in [2.24, 2.45) is 0 Å². The van der Waals surface area contributed by atoms with E-state index >= 15 is 0 Å². The zero-order chi connectivity index (χ0) is 14.6. The second-order valence-electron chi connectivity index (χ2n) is 5.31. The second kappa shape index (κ2) is 6.10. The van der Waals surface area contributed by atoms with Gasteiger partial charge in [0.1, 0.15) is 0 Å². The summed E-state index contributed by atoms with van der Waals surface area (Å²) in [6.45, 7) is 3.99. The summed E-state index contributed by atoms with van der Waals surface area (Å²) >= 11 is 6.08. The molecule has 1 N–H and O–H groups in total. The third-order valence-electron chi connectivity index (χ3n) is 3.26. The first kappa shape index (κ1) is 14.6. The third-order valence-corrected chi connectivity index (χ3v) is 3.62. The van der Waals surface area contributed by atoms with E-state index in [1.165, 1.54) is 0 Å². The van der Waals surface area contributed by atoms with Gasteiger partial charge in [-0.2, -0.15) is 0 Å². The van der Waals surface area contributed by atoms with Gasteiger partial charge in [-0.25, -0.2) is 0 Å². The van der Waals surface area contributed by atoms with Crippen molar-refractivity contribution in [3.63, 3.8) is 0 Å². The maximum absolute atomic E-state index is 12.2. The molecule has 0 atom stereocenters. The maximum atomic E-state index is 12.2. The van der Waals surface area contributed by atoms with Gasteiger partial charge in [0.15, 0.2) is 0 Å². The smallest absolute Gasteiger partial charge is 0.225 e. The molecule has 0 saturated carbocycles. The lowest BCUT2D eigenvalue weighted by molar-refractivity contribution is -0.122. The third kappa shape index (κ3) is 3.61. The van der Waals surface area contributed by atoms with Gasteiger partial charge in [0, 0.05) is 5.02 Å². The number of benzene rings is 2. The Balaban J connectivity index is 2.07. The van der Waals surface area contributed by atoms with Crippen LogP contribution in [-0.2, 0) is 16.8 Å². The van der Waals surface area contributed by atoms with Crippen LogP contribution in [0.15, 0.2) is 54.6 Å². The maximum Gasteiger partial charge on any atom is 0.225 e. The number of rotatable bonds is 4. The Hall–Kier alpha value is -1.80. The minimum atomic E-state index is -0.403. The summed E-state index contributed by atoms with van der Waals surface area (Å²) in [6, 6.07) is 17.3. The standard InChI is InChI=1S/C17H18ClNO/c1-17(2,14-9-4-3-5-10-14)19-16(20)12-13-8-6-7-11-15(13)18/h3-11H,12H2,1-2H3,(H,19,20). The van der Waals surface area contributed by atoms with Gasteiger partial charge >= 0.3 is 0 Å². The number of halogens is 1. The van der Waals surface area contributed by atoms with Gasteiger partial charge in [-0.15, -0.1) is 0 Å². The number of nitrogens with one attached hydrogen (secondary N) is 1. The van der Waals surface area contributed by atoms with E-state index in [0.29, 0.717) is 5.02 Å². The summed E-state index contributed by atoms with van der Waals surface area (Å²) in [6.07, 6.45) is 0.288. The number of hydrogen-bond donors (Lipinski definition) is 1. The van der Waals surface area contributed by atoms with E-state index in [1.54, 1.807) is 6.07 Å². The van der Waals surface area contributed by atoms with Crippen LogP contribution in [0.1, 0.15) is 25.0 Å². The highest BCUT2D eigenvalue weighted by Crippen LogP contribution is 2.20. The van der Waals surface area contributed by atoms with Crippen molar-refractivity contribution in [1.82, 2.24) is 5.32 Å². The average Bonchev–Trinajstić information content (AvgIpc) is 2.42. The van der Waals surface area contributed by atoms with Crippen LogP contribution in [0.2, 0.25) is 5.02 Å². The zero-order valence-corrected chi connectivity index (χ0v) is 12.4. The second-order valence-corrected chi connectivity index (χ2v) is 5.71. The first-order chi connectivity index (χ1) is 9.49. The Labute approximate surface area is 124 Å². The Bertz CT molecular complexity index is 593. The summed E-state index contributed by atoms with van der Waals surface area (Å²) in [7, 11) is 0. The van der Waals surface area contributed by atoms with Crippen molar-refractivity contribution >= 4 is 17.5 Å². The minimum Gasteiger partial charge on any atom is -0.347 e. The molecule has 0 heterocycles. The Morgan fingerprint density at radius 3 is 2.30 bits per heavy atom. The van der Waals surface area contributed by atoms with Gasteiger partial charge in [0.05, 0.1) is 12.0 Å². The monoisotopic (exact) mass is 287 g/mol. The normalized spacial score (nSPS) is 11.2. The first-order valence-electron chi connectivity index (χ1n) is 6.59. The SMILES string of the molecule is CC(C)(NC(=O)Cc1ccccc1Cl)c1ccccc1. The molecular weight excluding hydrogens is 270 g/mol. The van der Waals surface area contributed by atoms with Crippen LogP contribution >= 0.6 is 11.6 Å². The van der Waals surface area contributed by atoms with Crippen LogP contribution in [0.25, 0.3) is 0 Å². The molecule has 0 aliphatic carbocycles. The highest BCUT2D eigenvalue weighted by molar-refractivity contribution is 6.31. The topological polar surface area (TPSA) is 29.1 Å². The van der Waals surface area contributed by atoms with Gasteiger partial charge in [-0.05, 0) is 31.0 Å². The van der Waals surface area contributed by atoms with E-state index in [1.807, 2.05) is 62.4 Å². The molecule has 0 unspecified atom stereocenters. The molecule has 20 heavy (non-hydrogen) atoms. The lowest BCUT2D eigenvalue weighted by Gasteiger charge is -2.27. The van der Waals surface area contributed by atoms with Crippen LogP contribution in [0, 0.1) is 0 Å². The molecule has 104 valence electrons. The summed E-state index contributed by atoms with van der Waals surface area (Å²) in [4.78, 5) is 12.2. The van der Waals surface area contributed by atoms with Gasteiger partial charge in [0.25, 0.3) is 0 Å². The van der Waals surface area contributed by atoms with Gasteiger partial charge in [-0.3, -0.25) is 4.79 Å². The molecule has 0 spiro atoms. The Kier molecular flexibility index (Phi) is 4.46. The van der Waals surface area contributed by atoms with Crippen LogP contribution < -0.4 is 5.32 Å². The number of hydrogen-bond acceptors (Lipinski definition) is 1. The fourth-order valence-corrected chi connectivity index (χ4v) is 2.34. The van der Waals surface area contributed by atoms with E-state index in [0.717, 1.165) is 11.1 Å². The molecule has 2 aromatic carbocycles. The molecule has 0 fully saturated rings. The molecule has 0 saturated heterocycles. The molecular formula is C17H18ClNO. The number of amides is 1. The van der Waals surface area contributed by atoms with Crippen molar-refractivity contribution in [3.8, 4) is 0 Å². The van der Waals surface area contributed by atoms with Gasteiger partial charge in [-0.1, -0.05) is 60.1 Å². The van der Waals surface area contributed by atoms with E-state index in [2.05, 4.69) is 5.32 Å². The van der Waals surface area contributed by atoms with Crippen LogP contribution in [0.4, 0.5) is 0 Å². The molecule has 1 amide bonds. The fourth-order valence-electron chi connectivity index (χ4n) is 2.13. The lowest BCUT2D eigenvalue weighted by Crippen LogP contribution is -2.41. The van der Waals surface area contributed by atoms with Gasteiger partial charge in [0.2, 0.25) is 5.91 Å². The van der Waals surface area contributed by atoms with Crippen molar-refractivity contribution in [2.45, 2.75) is 25.8 Å². The minimum absolute atomic E-state index is 0.0352. The first-order valence-corrected chi connectivity index (χ1v) is 6.97. The van der Waals surface area contributed by atoms with Gasteiger partial charge < -0.3 is 5.32 Å². The van der Waals surface area contributed by atoms with Crippen molar-refractivity contribution < 1.29 is 4.79 Å². The molecule has 2 aromatic rings. The largest absolute Gasteiger partial charge is 0.347 e. The van der Waals surface area contributed by atoms with Crippen molar-refractivity contribution in [1.29, 1.82) is 0 Å². The van der Waals surface area contributed by atoms with E-state index in [-0.39, 0.29) is 12.3 Å². The fraction of sp³-hybridized carbons (Fsp3) is 0.235.